The molecule has 2 aromatic carbocycles. The van der Waals surface area contributed by atoms with Crippen molar-refractivity contribution in [2.24, 2.45) is 0 Å². The number of nitrogen functional groups attached to an aromatic ring is 1. The molecule has 0 saturated heterocycles. The second-order valence-corrected chi connectivity index (χ2v) is 7.37. The number of amides is 1. The molecule has 0 aliphatic rings. The third-order valence-electron chi connectivity index (χ3n) is 4.26. The number of carbonyl (C=O) groups is 1. The van der Waals surface area contributed by atoms with Gasteiger partial charge in [0.2, 0.25) is 5.91 Å². The van der Waals surface area contributed by atoms with Gasteiger partial charge in [-0.3, -0.25) is 4.79 Å². The zero-order valence-electron chi connectivity index (χ0n) is 17.5. The number of thiazole rings is 1. The summed E-state index contributed by atoms with van der Waals surface area (Å²) in [6, 6.07) is 17.4. The largest absolute Gasteiger partial charge is 0.387 e. The minimum atomic E-state index is -0.508. The van der Waals surface area contributed by atoms with Crippen LogP contribution in [0.3, 0.4) is 0 Å². The number of aliphatic hydroxyl groups excluding tert-OH is 1. The predicted molar refractivity (Wildman–Crippen MR) is 125 cm³/mol. The first kappa shape index (κ1) is 23.5. The Kier molecular flexibility index (Phi) is 10.00. The second-order valence-electron chi connectivity index (χ2n) is 6.48. The number of hydrogen-bond acceptors (Lipinski definition) is 6. The number of aliphatic hydroxyl groups is 1. The van der Waals surface area contributed by atoms with Gasteiger partial charge in [0, 0.05) is 17.6 Å². The fraction of sp³-hybridized carbons (Fsp3) is 0.304. The maximum Gasteiger partial charge on any atom is 0.230 e. The number of anilines is 2. The number of benzene rings is 2. The van der Waals surface area contributed by atoms with E-state index in [4.69, 9.17) is 5.73 Å². The van der Waals surface area contributed by atoms with E-state index in [-0.39, 0.29) is 12.3 Å². The van der Waals surface area contributed by atoms with Crippen LogP contribution in [0.15, 0.2) is 60.0 Å². The molecule has 1 aromatic heterocycles. The first-order chi connectivity index (χ1) is 14.6. The maximum atomic E-state index is 12.0. The van der Waals surface area contributed by atoms with Crippen molar-refractivity contribution in [1.82, 2.24) is 10.3 Å². The lowest BCUT2D eigenvalue weighted by Gasteiger charge is -2.12. The Hall–Kier alpha value is -2.74. The summed E-state index contributed by atoms with van der Waals surface area (Å²) in [5.74, 6) is -0.116. The highest BCUT2D eigenvalue weighted by atomic mass is 32.1. The molecule has 160 valence electrons. The standard InChI is InChI=1S/C21H24N4O2S.C2H6/c22-21-25-18(14-28-21)12-20(27)24-17-8-6-15(7-9-17)10-11-23-13-19(26)16-4-2-1-3-5-16;1-2/h1-9,14,19,23,26H,10-13H2,(H2,22,25)(H,24,27);1-2H3. The van der Waals surface area contributed by atoms with Crippen molar-refractivity contribution >= 4 is 28.1 Å². The third kappa shape index (κ3) is 7.94. The van der Waals surface area contributed by atoms with E-state index in [2.05, 4.69) is 15.6 Å². The smallest absolute Gasteiger partial charge is 0.230 e. The van der Waals surface area contributed by atoms with Crippen molar-refractivity contribution in [2.45, 2.75) is 32.8 Å². The first-order valence-electron chi connectivity index (χ1n) is 10.1. The highest BCUT2D eigenvalue weighted by Crippen LogP contribution is 2.14. The van der Waals surface area contributed by atoms with Gasteiger partial charge in [0.25, 0.3) is 0 Å². The molecule has 3 rings (SSSR count). The number of nitrogens with one attached hydrogen (secondary N) is 2. The third-order valence-corrected chi connectivity index (χ3v) is 4.98. The summed E-state index contributed by atoms with van der Waals surface area (Å²) in [4.78, 5) is 16.1. The normalized spacial score (nSPS) is 11.3. The van der Waals surface area contributed by atoms with E-state index < -0.39 is 6.10 Å². The van der Waals surface area contributed by atoms with Gasteiger partial charge in [0.15, 0.2) is 5.13 Å². The van der Waals surface area contributed by atoms with E-state index >= 15 is 0 Å². The maximum absolute atomic E-state index is 12.0. The molecule has 1 heterocycles. The molecule has 0 spiro atoms. The fourth-order valence-corrected chi connectivity index (χ4v) is 3.36. The Balaban J connectivity index is 0.00000155. The van der Waals surface area contributed by atoms with Gasteiger partial charge in [-0.2, -0.15) is 0 Å². The Labute approximate surface area is 182 Å². The molecule has 6 nitrogen and oxygen atoms in total. The van der Waals surface area contributed by atoms with Gasteiger partial charge < -0.3 is 21.5 Å². The Morgan fingerprint density at radius 1 is 1.13 bits per heavy atom. The predicted octanol–water partition coefficient (Wildman–Crippen LogP) is 3.80. The average Bonchev–Trinajstić information content (AvgIpc) is 3.18. The monoisotopic (exact) mass is 426 g/mol. The lowest BCUT2D eigenvalue weighted by atomic mass is 10.1. The molecule has 0 aliphatic heterocycles. The van der Waals surface area contributed by atoms with Crippen LogP contribution in [0.5, 0.6) is 0 Å². The Morgan fingerprint density at radius 2 is 1.83 bits per heavy atom. The molecule has 5 N–H and O–H groups in total. The minimum absolute atomic E-state index is 0.116. The number of nitrogens with zero attached hydrogens (tertiary/aromatic N) is 1. The van der Waals surface area contributed by atoms with Gasteiger partial charge >= 0.3 is 0 Å². The molecule has 7 heteroatoms. The SMILES string of the molecule is CC.Nc1nc(CC(=O)Nc2ccc(CCNCC(O)c3ccccc3)cc2)cs1. The van der Waals surface area contributed by atoms with E-state index in [1.807, 2.05) is 68.4 Å². The van der Waals surface area contributed by atoms with E-state index in [0.717, 1.165) is 29.8 Å². The Bertz CT molecular complexity index is 882. The van der Waals surface area contributed by atoms with Crippen LogP contribution in [0.25, 0.3) is 0 Å². The number of rotatable bonds is 9. The first-order valence-corrected chi connectivity index (χ1v) is 11.0. The van der Waals surface area contributed by atoms with Crippen molar-refractivity contribution in [3.8, 4) is 0 Å². The number of carbonyl (C=O) groups excluding carboxylic acids is 1. The molecule has 1 unspecified atom stereocenters. The van der Waals surface area contributed by atoms with Gasteiger partial charge in [0.05, 0.1) is 18.2 Å². The van der Waals surface area contributed by atoms with Gasteiger partial charge in [-0.25, -0.2) is 4.98 Å². The Morgan fingerprint density at radius 3 is 2.47 bits per heavy atom. The van der Waals surface area contributed by atoms with Crippen molar-refractivity contribution in [3.05, 3.63) is 76.8 Å². The second kappa shape index (κ2) is 12.7. The van der Waals surface area contributed by atoms with Crippen LogP contribution in [0.1, 0.15) is 36.8 Å². The molecule has 0 saturated carbocycles. The average molecular weight is 427 g/mol. The van der Waals surface area contributed by atoms with Crippen molar-refractivity contribution in [2.75, 3.05) is 24.1 Å². The van der Waals surface area contributed by atoms with Crippen LogP contribution in [0.4, 0.5) is 10.8 Å². The molecule has 30 heavy (non-hydrogen) atoms. The quantitative estimate of drug-likeness (QED) is 0.390. The lowest BCUT2D eigenvalue weighted by Crippen LogP contribution is -2.23. The van der Waals surface area contributed by atoms with Crippen LogP contribution in [-0.4, -0.2) is 29.1 Å². The highest BCUT2D eigenvalue weighted by molar-refractivity contribution is 7.13. The van der Waals surface area contributed by atoms with Gasteiger partial charge in [-0.15, -0.1) is 11.3 Å². The zero-order valence-corrected chi connectivity index (χ0v) is 18.3. The van der Waals surface area contributed by atoms with Crippen LogP contribution in [-0.2, 0) is 17.6 Å². The zero-order chi connectivity index (χ0) is 21.8. The van der Waals surface area contributed by atoms with Crippen LogP contribution in [0, 0.1) is 0 Å². The molecule has 0 bridgehead atoms. The molecule has 0 fully saturated rings. The molecular formula is C23H30N4O2S. The molecule has 0 radical (unpaired) electrons. The van der Waals surface area contributed by atoms with E-state index in [1.54, 1.807) is 5.38 Å². The summed E-state index contributed by atoms with van der Waals surface area (Å²) >= 11 is 1.33. The number of aromatic nitrogens is 1. The summed E-state index contributed by atoms with van der Waals surface area (Å²) in [6.45, 7) is 5.28. The van der Waals surface area contributed by atoms with E-state index in [9.17, 15) is 9.90 Å². The summed E-state index contributed by atoms with van der Waals surface area (Å²) in [5, 5.41) is 18.5. The van der Waals surface area contributed by atoms with Crippen LogP contribution >= 0.6 is 11.3 Å². The molecule has 1 atom stereocenters. The van der Waals surface area contributed by atoms with Gasteiger partial charge in [0.1, 0.15) is 0 Å². The summed E-state index contributed by atoms with van der Waals surface area (Å²) in [5.41, 5.74) is 9.08. The highest BCUT2D eigenvalue weighted by Gasteiger charge is 2.08. The van der Waals surface area contributed by atoms with Crippen molar-refractivity contribution in [3.63, 3.8) is 0 Å². The summed E-state index contributed by atoms with van der Waals surface area (Å²) in [6.07, 6.45) is 0.545. The van der Waals surface area contributed by atoms with E-state index in [1.165, 1.54) is 11.3 Å². The number of hydrogen-bond donors (Lipinski definition) is 4. The summed E-state index contributed by atoms with van der Waals surface area (Å²) < 4.78 is 0. The van der Waals surface area contributed by atoms with Crippen molar-refractivity contribution in [1.29, 1.82) is 0 Å². The summed E-state index contributed by atoms with van der Waals surface area (Å²) in [7, 11) is 0. The number of nitrogens with two attached hydrogens (primary N) is 1. The van der Waals surface area contributed by atoms with Crippen molar-refractivity contribution < 1.29 is 9.90 Å². The lowest BCUT2D eigenvalue weighted by molar-refractivity contribution is -0.115. The molecular weight excluding hydrogens is 396 g/mol. The van der Waals surface area contributed by atoms with Crippen LogP contribution in [0.2, 0.25) is 0 Å². The van der Waals surface area contributed by atoms with E-state index in [0.29, 0.717) is 17.4 Å². The fourth-order valence-electron chi connectivity index (χ4n) is 2.79. The molecule has 3 aromatic rings. The minimum Gasteiger partial charge on any atom is -0.387 e. The van der Waals surface area contributed by atoms with Gasteiger partial charge in [-0.1, -0.05) is 56.3 Å². The van der Waals surface area contributed by atoms with Gasteiger partial charge in [-0.05, 0) is 36.2 Å². The van der Waals surface area contributed by atoms with Crippen LogP contribution < -0.4 is 16.4 Å². The topological polar surface area (TPSA) is 100 Å². The molecule has 0 aliphatic carbocycles. The molecule has 1 amide bonds.